The van der Waals surface area contributed by atoms with E-state index >= 15 is 0 Å². The van der Waals surface area contributed by atoms with Crippen LogP contribution in [0.1, 0.15) is 83.0 Å². The van der Waals surface area contributed by atoms with Gasteiger partial charge in [0.05, 0.1) is 12.1 Å². The lowest BCUT2D eigenvalue weighted by molar-refractivity contribution is -0.125. The summed E-state index contributed by atoms with van der Waals surface area (Å²) in [4.78, 5) is 25.1. The summed E-state index contributed by atoms with van der Waals surface area (Å²) in [5, 5.41) is 9.90. The first-order valence-corrected chi connectivity index (χ1v) is 10.9. The average molecular weight is 402 g/mol. The second-order valence-electron chi connectivity index (χ2n) is 9.39. The number of hydrogen-bond acceptors (Lipinski definition) is 4. The number of carbonyl (C=O) groups excluding carboxylic acids is 2. The zero-order valence-electron chi connectivity index (χ0n) is 18.1. The molecule has 160 valence electrons. The van der Waals surface area contributed by atoms with Crippen molar-refractivity contribution in [2.45, 2.75) is 83.5 Å². The molecule has 2 aliphatic heterocycles. The number of nitrogens with one attached hydrogen (secondary N) is 3. The van der Waals surface area contributed by atoms with E-state index in [9.17, 15) is 9.59 Å². The number of rotatable bonds is 1. The predicted octanol–water partition coefficient (Wildman–Crippen LogP) is 3.98. The maximum atomic E-state index is 12.7. The molecule has 2 amide bonds. The molecule has 6 nitrogen and oxygen atoms in total. The summed E-state index contributed by atoms with van der Waals surface area (Å²) < 4.78 is 5.48. The molecule has 6 heteroatoms. The zero-order valence-corrected chi connectivity index (χ0v) is 18.1. The van der Waals surface area contributed by atoms with Crippen LogP contribution in [0.4, 0.5) is 4.79 Å². The van der Waals surface area contributed by atoms with E-state index in [4.69, 9.17) is 4.74 Å². The summed E-state index contributed by atoms with van der Waals surface area (Å²) in [6.45, 7) is 8.52. The largest absolute Gasteiger partial charge is 0.444 e. The van der Waals surface area contributed by atoms with E-state index in [-0.39, 0.29) is 30.0 Å². The Balaban J connectivity index is 1.88. The maximum absolute atomic E-state index is 12.7. The second kappa shape index (κ2) is 9.16. The number of benzene rings is 1. The Bertz CT molecular complexity index is 728. The summed E-state index contributed by atoms with van der Waals surface area (Å²) in [5.74, 6) is 0.0783. The second-order valence-corrected chi connectivity index (χ2v) is 9.39. The summed E-state index contributed by atoms with van der Waals surface area (Å²) in [7, 11) is 0. The van der Waals surface area contributed by atoms with Crippen molar-refractivity contribution in [1.29, 1.82) is 0 Å². The monoisotopic (exact) mass is 401 g/mol. The van der Waals surface area contributed by atoms with Crippen molar-refractivity contribution >= 4 is 12.0 Å². The van der Waals surface area contributed by atoms with E-state index in [1.807, 2.05) is 33.8 Å². The van der Waals surface area contributed by atoms with Gasteiger partial charge in [0, 0.05) is 12.0 Å². The van der Waals surface area contributed by atoms with Gasteiger partial charge in [-0.05, 0) is 64.1 Å². The molecule has 4 atom stereocenters. The molecule has 0 spiro atoms. The highest BCUT2D eigenvalue weighted by Crippen LogP contribution is 2.29. The van der Waals surface area contributed by atoms with Crippen molar-refractivity contribution in [1.82, 2.24) is 16.0 Å². The van der Waals surface area contributed by atoms with E-state index < -0.39 is 11.7 Å². The minimum atomic E-state index is -0.539. The van der Waals surface area contributed by atoms with Crippen LogP contribution < -0.4 is 16.0 Å². The molecule has 2 heterocycles. The fourth-order valence-electron chi connectivity index (χ4n) is 4.22. The molecule has 2 unspecified atom stereocenters. The van der Waals surface area contributed by atoms with Gasteiger partial charge in [-0.25, -0.2) is 4.79 Å². The molecule has 1 aromatic carbocycles. The van der Waals surface area contributed by atoms with Crippen LogP contribution in [0.15, 0.2) is 24.3 Å². The van der Waals surface area contributed by atoms with Gasteiger partial charge in [-0.15, -0.1) is 0 Å². The SMILES string of the molecule is C[C@@H]1CCC[C@H](NC(=O)OC(C)(C)C)c2cccc(c2)C2NCCCC2NC1=O. The highest BCUT2D eigenvalue weighted by atomic mass is 16.6. The molecule has 0 aromatic heterocycles. The number of amides is 2. The molecule has 2 aliphatic rings. The normalized spacial score (nSPS) is 28.2. The van der Waals surface area contributed by atoms with E-state index in [2.05, 4.69) is 34.1 Å². The summed E-state index contributed by atoms with van der Waals surface area (Å²) in [5.41, 5.74) is 1.69. The molecule has 1 aromatic rings. The van der Waals surface area contributed by atoms with Gasteiger partial charge in [0.1, 0.15) is 5.60 Å². The first kappa shape index (κ1) is 21.6. The predicted molar refractivity (Wildman–Crippen MR) is 113 cm³/mol. The van der Waals surface area contributed by atoms with Crippen molar-refractivity contribution in [3.05, 3.63) is 35.4 Å². The van der Waals surface area contributed by atoms with Gasteiger partial charge in [0.15, 0.2) is 0 Å². The van der Waals surface area contributed by atoms with Crippen molar-refractivity contribution in [3.8, 4) is 0 Å². The Kier molecular flexibility index (Phi) is 6.83. The van der Waals surface area contributed by atoms with Crippen LogP contribution >= 0.6 is 0 Å². The summed E-state index contributed by atoms with van der Waals surface area (Å²) >= 11 is 0. The van der Waals surface area contributed by atoms with E-state index in [0.29, 0.717) is 0 Å². The molecule has 1 fully saturated rings. The lowest BCUT2D eigenvalue weighted by Gasteiger charge is -2.35. The third kappa shape index (κ3) is 5.95. The van der Waals surface area contributed by atoms with Crippen LogP contribution in [0.2, 0.25) is 0 Å². The third-order valence-electron chi connectivity index (χ3n) is 5.73. The quantitative estimate of drug-likeness (QED) is 0.665. The Morgan fingerprint density at radius 2 is 1.90 bits per heavy atom. The smallest absolute Gasteiger partial charge is 0.408 e. The molecule has 3 N–H and O–H groups in total. The topological polar surface area (TPSA) is 79.5 Å². The minimum absolute atomic E-state index is 0.0440. The minimum Gasteiger partial charge on any atom is -0.444 e. The highest BCUT2D eigenvalue weighted by Gasteiger charge is 2.30. The van der Waals surface area contributed by atoms with Gasteiger partial charge >= 0.3 is 6.09 Å². The number of fused-ring (bicyclic) bond motifs is 4. The number of carbonyl (C=O) groups is 2. The molecule has 0 saturated carbocycles. The zero-order chi connectivity index (χ0) is 21.0. The van der Waals surface area contributed by atoms with Crippen LogP contribution in [0, 0.1) is 5.92 Å². The summed E-state index contributed by atoms with van der Waals surface area (Å²) in [6, 6.07) is 8.41. The molecular formula is C23H35N3O3. The van der Waals surface area contributed by atoms with Crippen molar-refractivity contribution in [2.75, 3.05) is 6.54 Å². The molecule has 0 aliphatic carbocycles. The Morgan fingerprint density at radius 1 is 1.14 bits per heavy atom. The Morgan fingerprint density at radius 3 is 2.66 bits per heavy atom. The number of alkyl carbamates (subject to hydrolysis) is 1. The van der Waals surface area contributed by atoms with E-state index in [0.717, 1.165) is 49.8 Å². The van der Waals surface area contributed by atoms with Gasteiger partial charge in [0.2, 0.25) is 5.91 Å². The summed E-state index contributed by atoms with van der Waals surface area (Å²) in [6.07, 6.45) is 4.04. The first-order valence-electron chi connectivity index (χ1n) is 10.9. The first-order chi connectivity index (χ1) is 13.7. The molecule has 29 heavy (non-hydrogen) atoms. The lowest BCUT2D eigenvalue weighted by Crippen LogP contribution is -2.49. The van der Waals surface area contributed by atoms with Gasteiger partial charge < -0.3 is 20.7 Å². The van der Waals surface area contributed by atoms with Gasteiger partial charge in [-0.2, -0.15) is 0 Å². The molecule has 2 bridgehead atoms. The van der Waals surface area contributed by atoms with E-state index in [1.165, 1.54) is 0 Å². The van der Waals surface area contributed by atoms with Crippen LogP contribution in [0.25, 0.3) is 0 Å². The number of hydrogen-bond donors (Lipinski definition) is 3. The van der Waals surface area contributed by atoms with Crippen LogP contribution in [0.5, 0.6) is 0 Å². The number of ether oxygens (including phenoxy) is 1. The molecular weight excluding hydrogens is 366 g/mol. The fourth-order valence-corrected chi connectivity index (χ4v) is 4.22. The highest BCUT2D eigenvalue weighted by molar-refractivity contribution is 5.78. The molecule has 1 saturated heterocycles. The number of piperidine rings is 1. The van der Waals surface area contributed by atoms with Gasteiger partial charge in [-0.1, -0.05) is 37.6 Å². The third-order valence-corrected chi connectivity index (χ3v) is 5.73. The van der Waals surface area contributed by atoms with Gasteiger partial charge in [-0.3, -0.25) is 4.79 Å². The fraction of sp³-hybridized carbons (Fsp3) is 0.652. The lowest BCUT2D eigenvalue weighted by atomic mass is 9.88. The van der Waals surface area contributed by atoms with E-state index in [1.54, 1.807) is 0 Å². The Labute approximate surface area is 174 Å². The van der Waals surface area contributed by atoms with Crippen molar-refractivity contribution in [2.24, 2.45) is 5.92 Å². The standard InChI is InChI=1S/C23H35N3O3/c1-15-8-5-11-18(26-22(28)29-23(2,3)4)16-9-6-10-17(14-16)20-19(25-21(15)27)12-7-13-24-20/h6,9-10,14-15,18-20,24H,5,7-8,11-13H2,1-4H3,(H,25,27)(H,26,28)/t15-,18+,19?,20?/m1/s1. The molecule has 3 rings (SSSR count). The van der Waals surface area contributed by atoms with Crippen molar-refractivity contribution < 1.29 is 14.3 Å². The van der Waals surface area contributed by atoms with Crippen LogP contribution in [-0.4, -0.2) is 30.2 Å². The van der Waals surface area contributed by atoms with Crippen LogP contribution in [-0.2, 0) is 9.53 Å². The maximum Gasteiger partial charge on any atom is 0.408 e. The molecule has 0 radical (unpaired) electrons. The van der Waals surface area contributed by atoms with Crippen molar-refractivity contribution in [3.63, 3.8) is 0 Å². The average Bonchev–Trinajstić information content (AvgIpc) is 2.65. The van der Waals surface area contributed by atoms with Crippen LogP contribution in [0.3, 0.4) is 0 Å². The van der Waals surface area contributed by atoms with Gasteiger partial charge in [0.25, 0.3) is 0 Å². The Hall–Kier alpha value is -2.08.